The van der Waals surface area contributed by atoms with E-state index < -0.39 is 21.4 Å². The van der Waals surface area contributed by atoms with E-state index in [9.17, 15) is 0 Å². The van der Waals surface area contributed by atoms with E-state index >= 15 is 13.7 Å². The first-order valence-corrected chi connectivity index (χ1v) is 46.3. The molecule has 3 atom stereocenters. The molecule has 8 heterocycles. The minimum atomic E-state index is -3.17. The van der Waals surface area contributed by atoms with Crippen LogP contribution in [0, 0.1) is 0 Å². The van der Waals surface area contributed by atoms with Gasteiger partial charge in [-0.05, 0) is 150 Å². The summed E-state index contributed by atoms with van der Waals surface area (Å²) in [6, 6.07) is 145. The highest BCUT2D eigenvalue weighted by Crippen LogP contribution is 2.54. The molecule has 5 aromatic heterocycles. The van der Waals surface area contributed by atoms with Gasteiger partial charge in [0.1, 0.15) is 11.6 Å². The standard InChI is InChI=1S/C37H24N3OP.C37H25N2OP.C34H22N5OP/c41-42(27-11-2-1-3-12-27)34-19-9-8-18-33(34)40-36-30(15-10-20-35(36)42)38-37(40)25-21-23-26(24-22-25)39-31-16-6-4-13-28(31)29-14-5-7-17-32(29)39;40-41(31-17-8-3-9-18-31)34-21-11-10-20-33(34)39-36-32(19-12-22-35(36)41)38-37(39)30-24-28(26-13-4-1-5-14-26)23-29(25-30)27-15-6-2-7-16-27;40-41(25-17-8-3-9-18-25)28-21-11-10-20-27(28)39-30-26(19-12-22-29(30)41)35-34(39)33-37-31(23-13-4-1-5-14-23)36-32(38-33)24-15-6-2-7-16-24/h1-24H;1-25H;1-22H. The number of fused-ring (bicyclic) bond motifs is 9. The third-order valence-electron chi connectivity index (χ3n) is 24.0. The summed E-state index contributed by atoms with van der Waals surface area (Å²) in [4.78, 5) is 30.2. The normalized spacial score (nSPS) is 15.6. The maximum atomic E-state index is 15.2. The van der Waals surface area contributed by atoms with Crippen LogP contribution in [0.3, 0.4) is 0 Å². The molecule has 124 heavy (non-hydrogen) atoms. The fourth-order valence-electron chi connectivity index (χ4n) is 18.4. The van der Waals surface area contributed by atoms with Crippen molar-refractivity contribution in [2.75, 3.05) is 0 Å². The number of hydrogen-bond acceptors (Lipinski definition) is 9. The fourth-order valence-corrected chi connectivity index (χ4v) is 27.5. The van der Waals surface area contributed by atoms with E-state index in [2.05, 4.69) is 170 Å². The lowest BCUT2D eigenvalue weighted by atomic mass is 9.96. The molecule has 25 rings (SSSR count). The van der Waals surface area contributed by atoms with E-state index in [1.165, 1.54) is 21.8 Å². The molecule has 0 N–H and O–H groups in total. The minimum Gasteiger partial charge on any atom is -0.309 e. The zero-order chi connectivity index (χ0) is 82.6. The molecule has 0 aliphatic carbocycles. The van der Waals surface area contributed by atoms with E-state index in [-0.39, 0.29) is 0 Å². The third-order valence-corrected chi connectivity index (χ3v) is 33.4. The van der Waals surface area contributed by atoms with Crippen molar-refractivity contribution in [2.24, 2.45) is 0 Å². The second-order valence-electron chi connectivity index (χ2n) is 31.0. The first kappa shape index (κ1) is 73.8. The zero-order valence-electron chi connectivity index (χ0n) is 66.5. The smallest absolute Gasteiger partial charge is 0.200 e. The number of benzene rings is 17. The third kappa shape index (κ3) is 11.8. The molecule has 0 bridgehead atoms. The Labute approximate surface area is 714 Å². The van der Waals surface area contributed by atoms with Gasteiger partial charge in [0.15, 0.2) is 44.7 Å². The van der Waals surface area contributed by atoms with Crippen LogP contribution in [0.15, 0.2) is 431 Å². The van der Waals surface area contributed by atoms with Gasteiger partial charge in [-0.3, -0.25) is 13.7 Å². The Kier molecular flexibility index (Phi) is 17.7. The molecule has 0 radical (unpaired) electrons. The largest absolute Gasteiger partial charge is 0.309 e. The van der Waals surface area contributed by atoms with Crippen molar-refractivity contribution in [3.63, 3.8) is 0 Å². The highest BCUT2D eigenvalue weighted by atomic mass is 31.2. The number of para-hydroxylation sites is 8. The van der Waals surface area contributed by atoms with Gasteiger partial charge in [-0.25, -0.2) is 29.9 Å². The van der Waals surface area contributed by atoms with Crippen LogP contribution in [-0.4, -0.2) is 48.2 Å². The van der Waals surface area contributed by atoms with Crippen LogP contribution in [0.2, 0.25) is 0 Å². The van der Waals surface area contributed by atoms with Crippen molar-refractivity contribution < 1.29 is 13.7 Å². The average molecular weight is 1650 g/mol. The molecule has 13 nitrogen and oxygen atoms in total. The van der Waals surface area contributed by atoms with Crippen LogP contribution in [0.1, 0.15) is 0 Å². The monoisotopic (exact) mass is 1650 g/mol. The summed E-state index contributed by atoms with van der Waals surface area (Å²) in [6.07, 6.45) is 0. The minimum absolute atomic E-state index is 0.450. The number of aromatic nitrogens is 10. The van der Waals surface area contributed by atoms with Crippen LogP contribution in [0.5, 0.6) is 0 Å². The number of imidazole rings is 3. The summed E-state index contributed by atoms with van der Waals surface area (Å²) in [5.41, 5.74) is 19.6. The van der Waals surface area contributed by atoms with Gasteiger partial charge in [-0.2, -0.15) is 0 Å². The SMILES string of the molecule is O=P1(c2ccccc2)c2ccccc2-n2c(-c3cc(-c4ccccc4)cc(-c4ccccc4)c3)nc3cccc1c32.O=P1(c2ccccc2)c2ccccc2-n2c(-c3ccc(-n4c5ccccc5c5ccccc54)cc3)nc3cccc1c32.O=P1(c2ccccc2)c2ccccc2-n2c(-c3nc(-c4ccccc4)nc(-c4ccccc4)n3)nc3cccc1c32. The fraction of sp³-hybridized carbons (Fsp3) is 0. The summed E-state index contributed by atoms with van der Waals surface area (Å²) in [5.74, 6) is 3.84. The van der Waals surface area contributed by atoms with Crippen LogP contribution in [0.25, 0.3) is 157 Å². The second kappa shape index (κ2) is 29.8. The van der Waals surface area contributed by atoms with Crippen molar-refractivity contribution in [1.29, 1.82) is 0 Å². The molecule has 16 heteroatoms. The van der Waals surface area contributed by atoms with Crippen LogP contribution < -0.4 is 47.7 Å². The van der Waals surface area contributed by atoms with Crippen LogP contribution in [-0.2, 0) is 13.7 Å². The van der Waals surface area contributed by atoms with Crippen molar-refractivity contribution in [3.05, 3.63) is 431 Å². The van der Waals surface area contributed by atoms with E-state index in [0.29, 0.717) is 23.3 Å². The topological polar surface area (TPSA) is 148 Å². The van der Waals surface area contributed by atoms with E-state index in [4.69, 9.17) is 29.9 Å². The predicted molar refractivity (Wildman–Crippen MR) is 508 cm³/mol. The van der Waals surface area contributed by atoms with Gasteiger partial charge < -0.3 is 18.3 Å². The Morgan fingerprint density at radius 2 is 0.484 bits per heavy atom. The summed E-state index contributed by atoms with van der Waals surface area (Å²) in [7, 11) is -9.38. The van der Waals surface area contributed by atoms with Crippen molar-refractivity contribution in [1.82, 2.24) is 48.2 Å². The highest BCUT2D eigenvalue weighted by molar-refractivity contribution is 7.87. The van der Waals surface area contributed by atoms with E-state index in [1.54, 1.807) is 0 Å². The van der Waals surface area contributed by atoms with Crippen LogP contribution >= 0.6 is 21.4 Å². The zero-order valence-corrected chi connectivity index (χ0v) is 69.2. The average Bonchev–Trinajstić information content (AvgIpc) is 1.48. The molecule has 3 unspecified atom stereocenters. The molecular weight excluding hydrogens is 1580 g/mol. The highest BCUT2D eigenvalue weighted by Gasteiger charge is 2.44. The Bertz CT molecular complexity index is 7670. The predicted octanol–water partition coefficient (Wildman–Crippen LogP) is 21.9. The number of rotatable bonds is 11. The summed E-state index contributed by atoms with van der Waals surface area (Å²) >= 11 is 0. The molecule has 22 aromatic rings. The van der Waals surface area contributed by atoms with Gasteiger partial charge in [0.2, 0.25) is 0 Å². The molecule has 586 valence electrons. The second-order valence-corrected chi connectivity index (χ2v) is 39.1. The van der Waals surface area contributed by atoms with Gasteiger partial charge >= 0.3 is 0 Å². The summed E-state index contributed by atoms with van der Waals surface area (Å²) in [5, 5.41) is 9.86. The molecule has 17 aromatic carbocycles. The van der Waals surface area contributed by atoms with Crippen molar-refractivity contribution in [3.8, 4) is 102 Å². The molecular formula is C108H71N10O3P3. The number of nitrogens with zero attached hydrogens (tertiary/aromatic N) is 10. The van der Waals surface area contributed by atoms with Crippen LogP contribution in [0.4, 0.5) is 0 Å². The Morgan fingerprint density at radius 3 is 0.871 bits per heavy atom. The lowest BCUT2D eigenvalue weighted by molar-refractivity contribution is 0.591. The maximum absolute atomic E-state index is 15.2. The van der Waals surface area contributed by atoms with E-state index in [1.807, 2.05) is 279 Å². The van der Waals surface area contributed by atoms with Gasteiger partial charge in [0.05, 0.1) is 61.2 Å². The lowest BCUT2D eigenvalue weighted by Crippen LogP contribution is -2.32. The van der Waals surface area contributed by atoms with Gasteiger partial charge in [0, 0.05) is 86.5 Å². The van der Waals surface area contributed by atoms with Gasteiger partial charge in [-0.15, -0.1) is 0 Å². The molecule has 0 amide bonds. The first-order chi connectivity index (χ1) is 61.2. The van der Waals surface area contributed by atoms with Gasteiger partial charge in [-0.1, -0.05) is 303 Å². The Balaban J connectivity index is 0.000000107. The summed E-state index contributed by atoms with van der Waals surface area (Å²) in [6.45, 7) is 0. The summed E-state index contributed by atoms with van der Waals surface area (Å²) < 4.78 is 54.4. The Hall–Kier alpha value is -15.4. The molecule has 0 saturated heterocycles. The molecule has 3 aliphatic rings. The Morgan fingerprint density at radius 1 is 0.194 bits per heavy atom. The quantitative estimate of drug-likeness (QED) is 0.115. The molecule has 0 saturated carbocycles. The lowest BCUT2D eigenvalue weighted by Gasteiger charge is -2.29. The van der Waals surface area contributed by atoms with Crippen molar-refractivity contribution >= 4 is 124 Å². The first-order valence-electron chi connectivity index (χ1n) is 41.2. The number of hydrogen-bond donors (Lipinski definition) is 0. The van der Waals surface area contributed by atoms with Gasteiger partial charge in [0.25, 0.3) is 0 Å². The molecule has 0 fully saturated rings. The van der Waals surface area contributed by atoms with E-state index in [0.717, 1.165) is 160 Å². The molecule has 3 aliphatic heterocycles. The maximum Gasteiger partial charge on any atom is 0.200 e. The van der Waals surface area contributed by atoms with Crippen molar-refractivity contribution in [2.45, 2.75) is 0 Å². The molecule has 0 spiro atoms.